The molecule has 0 fully saturated rings. The van der Waals surface area contributed by atoms with E-state index in [0.717, 1.165) is 10.6 Å². The van der Waals surface area contributed by atoms with E-state index in [-0.39, 0.29) is 10.0 Å². The van der Waals surface area contributed by atoms with Crippen LogP contribution < -0.4 is 15.4 Å². The van der Waals surface area contributed by atoms with Crippen LogP contribution in [0.2, 0.25) is 0 Å². The minimum absolute atomic E-state index is 0.0604. The zero-order valence-corrected chi connectivity index (χ0v) is 16.9. The molecular formula is C18H19N5O3S2. The molecule has 0 unspecified atom stereocenters. The normalized spacial score (nSPS) is 11.1. The average molecular weight is 418 g/mol. The first-order valence-electron chi connectivity index (χ1n) is 8.45. The summed E-state index contributed by atoms with van der Waals surface area (Å²) in [6, 6.07) is 12.8. The molecule has 10 heteroatoms. The summed E-state index contributed by atoms with van der Waals surface area (Å²) >= 11 is 1.19. The van der Waals surface area contributed by atoms with Gasteiger partial charge in [-0.1, -0.05) is 36.0 Å². The Balaban J connectivity index is 1.63. The Morgan fingerprint density at radius 3 is 2.07 bits per heavy atom. The van der Waals surface area contributed by atoms with Gasteiger partial charge < -0.3 is 10.6 Å². The van der Waals surface area contributed by atoms with Gasteiger partial charge >= 0.3 is 6.03 Å². The number of urea groups is 1. The smallest absolute Gasteiger partial charge is 0.308 e. The minimum Gasteiger partial charge on any atom is -0.308 e. The van der Waals surface area contributed by atoms with E-state index in [9.17, 15) is 13.2 Å². The number of rotatable bonds is 6. The molecule has 2 amide bonds. The highest BCUT2D eigenvalue weighted by Gasteiger charge is 2.17. The third-order valence-corrected chi connectivity index (χ3v) is 6.19. The lowest BCUT2D eigenvalue weighted by molar-refractivity contribution is 0.262. The summed E-state index contributed by atoms with van der Waals surface area (Å²) in [5.74, 6) is 0. The highest BCUT2D eigenvalue weighted by molar-refractivity contribution is 7.93. The first-order chi connectivity index (χ1) is 13.4. The Labute approximate surface area is 167 Å². The molecule has 28 heavy (non-hydrogen) atoms. The summed E-state index contributed by atoms with van der Waals surface area (Å²) < 4.78 is 27.3. The number of carbonyl (C=O) groups is 1. The lowest BCUT2D eigenvalue weighted by Gasteiger charge is -2.09. The largest absolute Gasteiger partial charge is 0.323 e. The van der Waals surface area contributed by atoms with Crippen LogP contribution in [0.15, 0.2) is 53.4 Å². The number of hydrogen-bond donors (Lipinski definition) is 3. The summed E-state index contributed by atoms with van der Waals surface area (Å²) in [4.78, 5) is 12.1. The van der Waals surface area contributed by atoms with E-state index >= 15 is 0 Å². The first kappa shape index (κ1) is 19.8. The van der Waals surface area contributed by atoms with Gasteiger partial charge in [-0.3, -0.25) is 4.72 Å². The molecular weight excluding hydrogens is 398 g/mol. The molecule has 0 spiro atoms. The van der Waals surface area contributed by atoms with Crippen molar-refractivity contribution in [2.45, 2.75) is 25.2 Å². The van der Waals surface area contributed by atoms with Crippen LogP contribution in [0.3, 0.4) is 0 Å². The van der Waals surface area contributed by atoms with Crippen molar-refractivity contribution >= 4 is 43.9 Å². The number of aromatic nitrogens is 2. The minimum atomic E-state index is -3.78. The van der Waals surface area contributed by atoms with Gasteiger partial charge in [0.1, 0.15) is 5.01 Å². The molecule has 1 aromatic heterocycles. The van der Waals surface area contributed by atoms with E-state index < -0.39 is 16.1 Å². The molecule has 0 aliphatic heterocycles. The van der Waals surface area contributed by atoms with Crippen molar-refractivity contribution < 1.29 is 13.2 Å². The number of hydrogen-bond acceptors (Lipinski definition) is 6. The molecule has 0 bridgehead atoms. The first-order valence-corrected chi connectivity index (χ1v) is 10.8. The fourth-order valence-corrected chi connectivity index (χ4v) is 4.17. The Morgan fingerprint density at radius 2 is 1.54 bits per heavy atom. The lowest BCUT2D eigenvalue weighted by atomic mass is 10.2. The maximum Gasteiger partial charge on any atom is 0.323 e. The number of amides is 2. The maximum atomic E-state index is 12.4. The third kappa shape index (κ3) is 5.05. The van der Waals surface area contributed by atoms with Crippen molar-refractivity contribution in [1.82, 2.24) is 10.2 Å². The number of nitrogens with zero attached hydrogens (tertiary/aromatic N) is 2. The molecule has 146 valence electrons. The quantitative estimate of drug-likeness (QED) is 0.564. The molecule has 3 rings (SSSR count). The Bertz CT molecular complexity index is 1060. The SMILES string of the molecule is CCc1nnc(NS(=O)(=O)c2ccc(NC(=O)Nc3ccc(C)cc3)cc2)s1. The second kappa shape index (κ2) is 8.36. The van der Waals surface area contributed by atoms with E-state index in [4.69, 9.17) is 0 Å². The zero-order chi connectivity index (χ0) is 20.1. The van der Waals surface area contributed by atoms with E-state index in [1.807, 2.05) is 26.0 Å². The van der Waals surface area contributed by atoms with Gasteiger partial charge in [0.25, 0.3) is 10.0 Å². The van der Waals surface area contributed by atoms with Crippen LogP contribution in [0.1, 0.15) is 17.5 Å². The molecule has 8 nitrogen and oxygen atoms in total. The van der Waals surface area contributed by atoms with Gasteiger partial charge in [0.15, 0.2) is 0 Å². The van der Waals surface area contributed by atoms with Gasteiger partial charge in [-0.25, -0.2) is 13.2 Å². The molecule has 0 aliphatic carbocycles. The van der Waals surface area contributed by atoms with Gasteiger partial charge in [-0.05, 0) is 49.7 Å². The molecule has 0 saturated carbocycles. The number of carbonyl (C=O) groups excluding carboxylic acids is 1. The second-order valence-electron chi connectivity index (χ2n) is 5.93. The molecule has 0 radical (unpaired) electrons. The second-order valence-corrected chi connectivity index (χ2v) is 8.67. The maximum absolute atomic E-state index is 12.4. The average Bonchev–Trinajstić information content (AvgIpc) is 3.11. The van der Waals surface area contributed by atoms with Gasteiger partial charge in [-0.15, -0.1) is 10.2 Å². The number of nitrogens with one attached hydrogen (secondary N) is 3. The Hall–Kier alpha value is -2.98. The number of benzene rings is 2. The number of sulfonamides is 1. The highest BCUT2D eigenvalue weighted by Crippen LogP contribution is 2.21. The molecule has 3 N–H and O–H groups in total. The van der Waals surface area contributed by atoms with Gasteiger partial charge in [0, 0.05) is 11.4 Å². The van der Waals surface area contributed by atoms with Crippen LogP contribution in [0.4, 0.5) is 21.3 Å². The molecule has 2 aromatic carbocycles. The molecule has 0 atom stereocenters. The van der Waals surface area contributed by atoms with Crippen molar-refractivity contribution in [2.24, 2.45) is 0 Å². The number of aryl methyl sites for hydroxylation is 2. The molecule has 0 saturated heterocycles. The van der Waals surface area contributed by atoms with E-state index in [2.05, 4.69) is 25.6 Å². The zero-order valence-electron chi connectivity index (χ0n) is 15.3. The Kier molecular flexibility index (Phi) is 5.90. The van der Waals surface area contributed by atoms with Crippen LogP contribution >= 0.6 is 11.3 Å². The standard InChI is InChI=1S/C18H19N5O3S2/c1-3-16-21-22-18(27-16)23-28(25,26)15-10-8-14(9-11-15)20-17(24)19-13-6-4-12(2)5-7-13/h4-11H,3H2,1-2H3,(H,22,23)(H2,19,20,24). The Morgan fingerprint density at radius 1 is 0.964 bits per heavy atom. The number of anilines is 3. The van der Waals surface area contributed by atoms with E-state index in [1.54, 1.807) is 12.1 Å². The van der Waals surface area contributed by atoms with Crippen molar-refractivity contribution in [2.75, 3.05) is 15.4 Å². The third-order valence-electron chi connectivity index (χ3n) is 3.72. The summed E-state index contributed by atoms with van der Waals surface area (Å²) in [5.41, 5.74) is 2.22. The fourth-order valence-electron chi connectivity index (χ4n) is 2.26. The molecule has 0 aliphatic rings. The summed E-state index contributed by atoms with van der Waals surface area (Å²) in [6.07, 6.45) is 0.685. The van der Waals surface area contributed by atoms with Crippen LogP contribution in [0, 0.1) is 6.92 Å². The molecule has 1 heterocycles. The predicted molar refractivity (Wildman–Crippen MR) is 110 cm³/mol. The van der Waals surface area contributed by atoms with Crippen LogP contribution in [-0.4, -0.2) is 24.6 Å². The van der Waals surface area contributed by atoms with Gasteiger partial charge in [0.2, 0.25) is 5.13 Å². The summed E-state index contributed by atoms with van der Waals surface area (Å²) in [7, 11) is -3.78. The van der Waals surface area contributed by atoms with Crippen LogP contribution in [0.5, 0.6) is 0 Å². The van der Waals surface area contributed by atoms with Crippen molar-refractivity contribution in [1.29, 1.82) is 0 Å². The topological polar surface area (TPSA) is 113 Å². The van der Waals surface area contributed by atoms with Crippen molar-refractivity contribution in [3.8, 4) is 0 Å². The fraction of sp³-hybridized carbons (Fsp3) is 0.167. The summed E-state index contributed by atoms with van der Waals surface area (Å²) in [6.45, 7) is 3.88. The highest BCUT2D eigenvalue weighted by atomic mass is 32.2. The summed E-state index contributed by atoms with van der Waals surface area (Å²) in [5, 5.41) is 14.0. The predicted octanol–water partition coefficient (Wildman–Crippen LogP) is 3.85. The van der Waals surface area contributed by atoms with Crippen molar-refractivity contribution in [3.05, 3.63) is 59.1 Å². The van der Waals surface area contributed by atoms with E-state index in [0.29, 0.717) is 17.8 Å². The van der Waals surface area contributed by atoms with Crippen molar-refractivity contribution in [3.63, 3.8) is 0 Å². The van der Waals surface area contributed by atoms with Gasteiger partial charge in [-0.2, -0.15) is 0 Å². The van der Waals surface area contributed by atoms with Gasteiger partial charge in [0.05, 0.1) is 4.90 Å². The van der Waals surface area contributed by atoms with Crippen LogP contribution in [0.25, 0.3) is 0 Å². The lowest BCUT2D eigenvalue weighted by Crippen LogP contribution is -2.19. The van der Waals surface area contributed by atoms with Crippen LogP contribution in [-0.2, 0) is 16.4 Å². The monoisotopic (exact) mass is 417 g/mol. The molecule has 3 aromatic rings. The van der Waals surface area contributed by atoms with E-state index in [1.165, 1.54) is 35.6 Å².